The third-order valence-electron chi connectivity index (χ3n) is 3.24. The Bertz CT molecular complexity index is 201. The van der Waals surface area contributed by atoms with Crippen LogP contribution in [0.1, 0.15) is 26.2 Å². The number of carbonyl (C=O) groups excluding carboxylic acids is 1. The monoisotopic (exact) mass is 182 g/mol. The highest BCUT2D eigenvalue weighted by molar-refractivity contribution is 5.76. The van der Waals surface area contributed by atoms with E-state index in [2.05, 4.69) is 10.2 Å². The average molecular weight is 182 g/mol. The molecule has 0 spiro atoms. The Labute approximate surface area is 79.5 Å². The highest BCUT2D eigenvalue weighted by Gasteiger charge is 2.32. The second-order valence-corrected chi connectivity index (χ2v) is 4.16. The van der Waals surface area contributed by atoms with Gasteiger partial charge in [-0.2, -0.15) is 0 Å². The van der Waals surface area contributed by atoms with Gasteiger partial charge in [0.2, 0.25) is 5.91 Å². The fourth-order valence-electron chi connectivity index (χ4n) is 2.44. The number of amides is 1. The van der Waals surface area contributed by atoms with Gasteiger partial charge in [0.15, 0.2) is 0 Å². The zero-order valence-electron chi connectivity index (χ0n) is 8.25. The van der Waals surface area contributed by atoms with Crippen molar-refractivity contribution in [3.05, 3.63) is 0 Å². The molecule has 2 atom stereocenters. The lowest BCUT2D eigenvalue weighted by atomic mass is 9.95. The molecule has 3 heteroatoms. The quantitative estimate of drug-likeness (QED) is 0.644. The summed E-state index contributed by atoms with van der Waals surface area (Å²) in [6.07, 6.45) is 3.15. The van der Waals surface area contributed by atoms with Crippen LogP contribution in [0.2, 0.25) is 0 Å². The molecular formula is C10H18N2O. The highest BCUT2D eigenvalue weighted by atomic mass is 16.2. The molecule has 3 aliphatic heterocycles. The van der Waals surface area contributed by atoms with Crippen molar-refractivity contribution >= 4 is 5.91 Å². The first-order valence-electron chi connectivity index (χ1n) is 5.31. The van der Waals surface area contributed by atoms with E-state index in [1.54, 1.807) is 0 Å². The maximum atomic E-state index is 11.6. The van der Waals surface area contributed by atoms with Crippen molar-refractivity contribution in [2.75, 3.05) is 19.6 Å². The normalized spacial score (nSPS) is 33.2. The number of fused-ring (bicyclic) bond motifs is 4. The minimum Gasteiger partial charge on any atom is -0.338 e. The van der Waals surface area contributed by atoms with E-state index < -0.39 is 0 Å². The van der Waals surface area contributed by atoms with Crippen LogP contribution in [0, 0.1) is 5.92 Å². The van der Waals surface area contributed by atoms with Gasteiger partial charge >= 0.3 is 0 Å². The minimum atomic E-state index is 0.332. The first kappa shape index (κ1) is 9.00. The fourth-order valence-corrected chi connectivity index (χ4v) is 2.44. The molecule has 0 aromatic rings. The number of carbonyl (C=O) groups is 1. The predicted octanol–water partition coefficient (Wildman–Crippen LogP) is 0.607. The molecule has 0 radical (unpaired) electrons. The predicted molar refractivity (Wildman–Crippen MR) is 51.4 cm³/mol. The van der Waals surface area contributed by atoms with Crippen LogP contribution in [-0.4, -0.2) is 36.5 Å². The molecule has 0 aromatic carbocycles. The zero-order valence-corrected chi connectivity index (χ0v) is 8.25. The lowest BCUT2D eigenvalue weighted by molar-refractivity contribution is -0.134. The summed E-state index contributed by atoms with van der Waals surface area (Å²) in [6, 6.07) is 0.478. The molecule has 2 unspecified atom stereocenters. The van der Waals surface area contributed by atoms with Crippen LogP contribution in [0.15, 0.2) is 0 Å². The molecule has 2 bridgehead atoms. The van der Waals surface area contributed by atoms with Crippen molar-refractivity contribution in [1.29, 1.82) is 0 Å². The summed E-state index contributed by atoms with van der Waals surface area (Å²) in [5.74, 6) is 1.03. The van der Waals surface area contributed by atoms with Crippen molar-refractivity contribution in [3.63, 3.8) is 0 Å². The molecular weight excluding hydrogens is 164 g/mol. The van der Waals surface area contributed by atoms with Gasteiger partial charge in [-0.25, -0.2) is 0 Å². The summed E-state index contributed by atoms with van der Waals surface area (Å²) in [5, 5.41) is 3.42. The third-order valence-corrected chi connectivity index (χ3v) is 3.24. The molecule has 3 fully saturated rings. The van der Waals surface area contributed by atoms with E-state index in [1.165, 1.54) is 12.8 Å². The van der Waals surface area contributed by atoms with Crippen molar-refractivity contribution in [2.45, 2.75) is 32.2 Å². The summed E-state index contributed by atoms with van der Waals surface area (Å²) in [7, 11) is 0. The molecule has 1 amide bonds. The molecule has 3 nitrogen and oxygen atoms in total. The van der Waals surface area contributed by atoms with E-state index in [1.807, 2.05) is 6.92 Å². The van der Waals surface area contributed by atoms with Crippen LogP contribution in [0.4, 0.5) is 0 Å². The van der Waals surface area contributed by atoms with Crippen LogP contribution < -0.4 is 5.32 Å². The molecule has 13 heavy (non-hydrogen) atoms. The summed E-state index contributed by atoms with van der Waals surface area (Å²) in [4.78, 5) is 13.7. The highest BCUT2D eigenvalue weighted by Crippen LogP contribution is 2.24. The van der Waals surface area contributed by atoms with E-state index in [9.17, 15) is 4.79 Å². The molecule has 3 heterocycles. The van der Waals surface area contributed by atoms with Crippen LogP contribution in [0.25, 0.3) is 0 Å². The Morgan fingerprint density at radius 3 is 3.08 bits per heavy atom. The van der Waals surface area contributed by atoms with Gasteiger partial charge in [-0.1, -0.05) is 6.92 Å². The second kappa shape index (κ2) is 3.66. The summed E-state index contributed by atoms with van der Waals surface area (Å²) < 4.78 is 0. The first-order valence-corrected chi connectivity index (χ1v) is 5.31. The molecule has 3 saturated heterocycles. The smallest absolute Gasteiger partial charge is 0.222 e. The van der Waals surface area contributed by atoms with Crippen molar-refractivity contribution in [3.8, 4) is 0 Å². The first-order chi connectivity index (χ1) is 6.31. The molecule has 1 N–H and O–H groups in total. The molecule has 3 rings (SSSR count). The fraction of sp³-hybridized carbons (Fsp3) is 0.900. The number of hydrogen-bond acceptors (Lipinski definition) is 2. The maximum Gasteiger partial charge on any atom is 0.222 e. The Morgan fingerprint density at radius 2 is 2.31 bits per heavy atom. The molecule has 74 valence electrons. The SMILES string of the molecule is CCC(=O)N1CC2CCC1CNC2. The Balaban J connectivity index is 2.08. The van der Waals surface area contributed by atoms with Gasteiger partial charge in [-0.05, 0) is 25.3 Å². The average Bonchev–Trinajstić information content (AvgIpc) is 2.50. The standard InChI is InChI=1S/C10H18N2O/c1-2-10(13)12-7-8-3-4-9(12)6-11-5-8/h8-9,11H,2-7H2,1H3. The Hall–Kier alpha value is -0.570. The van der Waals surface area contributed by atoms with Crippen molar-refractivity contribution in [2.24, 2.45) is 5.92 Å². The number of piperidine rings is 1. The molecule has 3 aliphatic rings. The van der Waals surface area contributed by atoms with Gasteiger partial charge < -0.3 is 10.2 Å². The van der Waals surface area contributed by atoms with Crippen LogP contribution in [-0.2, 0) is 4.79 Å². The lowest BCUT2D eigenvalue weighted by Crippen LogP contribution is -2.46. The van der Waals surface area contributed by atoms with Gasteiger partial charge in [0, 0.05) is 25.6 Å². The van der Waals surface area contributed by atoms with Gasteiger partial charge in [0.25, 0.3) is 0 Å². The van der Waals surface area contributed by atoms with E-state index in [-0.39, 0.29) is 0 Å². The van der Waals surface area contributed by atoms with Gasteiger partial charge in [0.05, 0.1) is 0 Å². The topological polar surface area (TPSA) is 32.3 Å². The molecule has 0 aromatic heterocycles. The number of nitrogens with one attached hydrogen (secondary N) is 1. The van der Waals surface area contributed by atoms with E-state index in [0.717, 1.165) is 19.6 Å². The largest absolute Gasteiger partial charge is 0.338 e. The summed E-state index contributed by atoms with van der Waals surface area (Å²) >= 11 is 0. The van der Waals surface area contributed by atoms with Crippen LogP contribution in [0.3, 0.4) is 0 Å². The summed E-state index contributed by atoms with van der Waals surface area (Å²) in [5.41, 5.74) is 0. The third kappa shape index (κ3) is 1.70. The van der Waals surface area contributed by atoms with Crippen molar-refractivity contribution in [1.82, 2.24) is 10.2 Å². The molecule has 0 saturated carbocycles. The summed E-state index contributed by atoms with van der Waals surface area (Å²) in [6.45, 7) is 5.05. The maximum absolute atomic E-state index is 11.6. The van der Waals surface area contributed by atoms with Crippen LogP contribution >= 0.6 is 0 Å². The number of rotatable bonds is 1. The van der Waals surface area contributed by atoms with E-state index >= 15 is 0 Å². The number of nitrogens with zero attached hydrogens (tertiary/aromatic N) is 1. The Kier molecular flexibility index (Phi) is 2.54. The minimum absolute atomic E-state index is 0.332. The zero-order chi connectivity index (χ0) is 9.26. The second-order valence-electron chi connectivity index (χ2n) is 4.16. The van der Waals surface area contributed by atoms with E-state index in [0.29, 0.717) is 24.3 Å². The van der Waals surface area contributed by atoms with Gasteiger partial charge in [0.1, 0.15) is 0 Å². The molecule has 0 aliphatic carbocycles. The van der Waals surface area contributed by atoms with Gasteiger partial charge in [-0.3, -0.25) is 4.79 Å². The Morgan fingerprint density at radius 1 is 1.46 bits per heavy atom. The van der Waals surface area contributed by atoms with Crippen molar-refractivity contribution < 1.29 is 4.79 Å². The number of hydrogen-bond donors (Lipinski definition) is 1. The van der Waals surface area contributed by atoms with Crippen LogP contribution in [0.5, 0.6) is 0 Å². The van der Waals surface area contributed by atoms with E-state index in [4.69, 9.17) is 0 Å². The van der Waals surface area contributed by atoms with Gasteiger partial charge in [-0.15, -0.1) is 0 Å². The lowest BCUT2D eigenvalue weighted by Gasteiger charge is -2.36.